The van der Waals surface area contributed by atoms with Crippen molar-refractivity contribution in [2.24, 2.45) is 0 Å². The van der Waals surface area contributed by atoms with Gasteiger partial charge in [0.05, 0.1) is 23.3 Å². The van der Waals surface area contributed by atoms with Gasteiger partial charge in [-0.1, -0.05) is 6.07 Å². The molecule has 2 aliphatic carbocycles. The van der Waals surface area contributed by atoms with Crippen LogP contribution < -0.4 is 10.6 Å². The van der Waals surface area contributed by atoms with Crippen LogP contribution in [0, 0.1) is 0 Å². The van der Waals surface area contributed by atoms with E-state index in [4.69, 9.17) is 9.47 Å². The summed E-state index contributed by atoms with van der Waals surface area (Å²) in [5, 5.41) is 6.58. The van der Waals surface area contributed by atoms with Gasteiger partial charge in [-0.2, -0.15) is 0 Å². The van der Waals surface area contributed by atoms with Crippen LogP contribution in [0.1, 0.15) is 116 Å². The minimum absolute atomic E-state index is 0.0297. The highest BCUT2D eigenvalue weighted by Gasteiger charge is 2.30. The second-order valence-corrected chi connectivity index (χ2v) is 13.3. The van der Waals surface area contributed by atoms with Gasteiger partial charge in [-0.05, 0) is 102 Å². The van der Waals surface area contributed by atoms with Crippen molar-refractivity contribution in [3.05, 3.63) is 61.6 Å². The van der Waals surface area contributed by atoms with Gasteiger partial charge in [-0.3, -0.25) is 9.59 Å². The third-order valence-electron chi connectivity index (χ3n) is 7.10. The molecule has 0 spiro atoms. The number of esters is 2. The van der Waals surface area contributed by atoms with Gasteiger partial charge in [0, 0.05) is 9.75 Å². The zero-order valence-electron chi connectivity index (χ0n) is 24.3. The van der Waals surface area contributed by atoms with Crippen LogP contribution in [0.25, 0.3) is 0 Å². The fourth-order valence-electron chi connectivity index (χ4n) is 5.31. The van der Waals surface area contributed by atoms with Crippen LogP contribution in [0.15, 0.2) is 18.2 Å². The smallest absolute Gasteiger partial charge is 0.341 e. The number of anilines is 2. The Morgan fingerprint density at radius 2 is 1.10 bits per heavy atom. The second-order valence-electron chi connectivity index (χ2n) is 11.1. The first-order valence-corrected chi connectivity index (χ1v) is 16.1. The summed E-state index contributed by atoms with van der Waals surface area (Å²) in [6.45, 7) is 7.15. The Morgan fingerprint density at radius 1 is 0.690 bits per heavy atom. The van der Waals surface area contributed by atoms with Crippen molar-refractivity contribution in [2.45, 2.75) is 91.3 Å². The van der Waals surface area contributed by atoms with E-state index >= 15 is 0 Å². The molecule has 0 aromatic carbocycles. The molecule has 2 N–H and O–H groups in total. The molecule has 0 fully saturated rings. The molecule has 9 nitrogen and oxygen atoms in total. The van der Waals surface area contributed by atoms with E-state index in [2.05, 4.69) is 15.6 Å². The molecule has 5 rings (SSSR count). The van der Waals surface area contributed by atoms with E-state index < -0.39 is 23.8 Å². The highest BCUT2D eigenvalue weighted by Crippen LogP contribution is 2.40. The first-order valence-electron chi connectivity index (χ1n) is 14.4. The number of amides is 2. The molecule has 11 heteroatoms. The van der Waals surface area contributed by atoms with Crippen molar-refractivity contribution in [1.29, 1.82) is 0 Å². The zero-order valence-corrected chi connectivity index (χ0v) is 25.9. The maximum atomic E-state index is 13.3. The van der Waals surface area contributed by atoms with Crippen LogP contribution >= 0.6 is 22.7 Å². The first kappa shape index (κ1) is 29.9. The lowest BCUT2D eigenvalue weighted by Crippen LogP contribution is -2.21. The molecule has 0 saturated heterocycles. The summed E-state index contributed by atoms with van der Waals surface area (Å²) in [6, 6.07) is 4.61. The van der Waals surface area contributed by atoms with E-state index in [0.717, 1.165) is 72.2 Å². The number of carbonyl (C=O) groups is 4. The van der Waals surface area contributed by atoms with E-state index in [1.807, 2.05) is 0 Å². The maximum absolute atomic E-state index is 13.3. The predicted molar refractivity (Wildman–Crippen MR) is 163 cm³/mol. The minimum Gasteiger partial charge on any atom is -0.459 e. The fraction of sp³-hybridized carbons (Fsp3) is 0.452. The van der Waals surface area contributed by atoms with E-state index in [9.17, 15) is 19.2 Å². The Labute approximate surface area is 253 Å². The first-order chi connectivity index (χ1) is 20.1. The highest BCUT2D eigenvalue weighted by atomic mass is 32.1. The Hall–Kier alpha value is -3.57. The quantitative estimate of drug-likeness (QED) is 0.276. The van der Waals surface area contributed by atoms with Crippen molar-refractivity contribution >= 4 is 56.4 Å². The highest BCUT2D eigenvalue weighted by molar-refractivity contribution is 7.17. The van der Waals surface area contributed by atoms with Crippen LogP contribution in [-0.4, -0.2) is 40.9 Å². The molecule has 0 unspecified atom stereocenters. The largest absolute Gasteiger partial charge is 0.459 e. The molecule has 0 aliphatic heterocycles. The van der Waals surface area contributed by atoms with E-state index in [-0.39, 0.29) is 23.6 Å². The lowest BCUT2D eigenvalue weighted by molar-refractivity contribution is 0.0367. The van der Waals surface area contributed by atoms with Gasteiger partial charge in [0.2, 0.25) is 0 Å². The molecule has 2 amide bonds. The maximum Gasteiger partial charge on any atom is 0.341 e. The number of thiophene rings is 2. The third kappa shape index (κ3) is 6.42. The molecular formula is C31H35N3O6S2. The standard InChI is InChI=1S/C31H35N3O6S2/c1-16(2)39-30(37)24-18-10-5-7-14-22(18)41-28(24)33-26(35)20-12-9-13-21(32-20)27(36)34-29-25(31(38)40-17(3)4)19-11-6-8-15-23(19)42-29/h9,12-13,16-17H,5-8,10-11,14-15H2,1-4H3,(H,33,35)(H,34,36). The number of nitrogens with one attached hydrogen (secondary N) is 2. The van der Waals surface area contributed by atoms with Crippen LogP contribution in [0.5, 0.6) is 0 Å². The van der Waals surface area contributed by atoms with E-state index in [1.165, 1.54) is 34.8 Å². The van der Waals surface area contributed by atoms with Gasteiger partial charge in [-0.15, -0.1) is 22.7 Å². The number of aryl methyl sites for hydroxylation is 2. The van der Waals surface area contributed by atoms with Crippen LogP contribution in [0.3, 0.4) is 0 Å². The summed E-state index contributed by atoms with van der Waals surface area (Å²) in [5.74, 6) is -1.97. The van der Waals surface area contributed by atoms with Crippen LogP contribution in [-0.2, 0) is 35.2 Å². The molecule has 3 heterocycles. The lowest BCUT2D eigenvalue weighted by atomic mass is 9.95. The number of hydrogen-bond donors (Lipinski definition) is 2. The van der Waals surface area contributed by atoms with Crippen LogP contribution in [0.4, 0.5) is 10.0 Å². The van der Waals surface area contributed by atoms with Crippen molar-refractivity contribution in [2.75, 3.05) is 10.6 Å². The number of rotatable bonds is 8. The van der Waals surface area contributed by atoms with Crippen molar-refractivity contribution in [1.82, 2.24) is 4.98 Å². The molecule has 2 aliphatic rings. The molecule has 42 heavy (non-hydrogen) atoms. The number of fused-ring (bicyclic) bond motifs is 2. The van der Waals surface area contributed by atoms with E-state index in [1.54, 1.807) is 33.8 Å². The molecule has 3 aromatic heterocycles. The average Bonchev–Trinajstić information content (AvgIpc) is 3.49. The average molecular weight is 610 g/mol. The normalized spacial score (nSPS) is 14.2. The molecule has 0 atom stereocenters. The van der Waals surface area contributed by atoms with Gasteiger partial charge in [0.1, 0.15) is 21.4 Å². The van der Waals surface area contributed by atoms with Crippen molar-refractivity contribution in [3.8, 4) is 0 Å². The van der Waals surface area contributed by atoms with Crippen LogP contribution in [0.2, 0.25) is 0 Å². The summed E-state index contributed by atoms with van der Waals surface area (Å²) in [7, 11) is 0. The summed E-state index contributed by atoms with van der Waals surface area (Å²) in [4.78, 5) is 59.1. The molecule has 0 radical (unpaired) electrons. The fourth-order valence-corrected chi connectivity index (χ4v) is 7.85. The topological polar surface area (TPSA) is 124 Å². The van der Waals surface area contributed by atoms with Gasteiger partial charge in [0.25, 0.3) is 11.8 Å². The summed E-state index contributed by atoms with van der Waals surface area (Å²) >= 11 is 2.78. The van der Waals surface area contributed by atoms with E-state index in [0.29, 0.717) is 21.1 Å². The zero-order chi connectivity index (χ0) is 30.0. The molecular weight excluding hydrogens is 574 g/mol. The second kappa shape index (κ2) is 12.7. The number of pyridine rings is 1. The number of ether oxygens (including phenoxy) is 2. The summed E-state index contributed by atoms with van der Waals surface area (Å²) < 4.78 is 11.0. The summed E-state index contributed by atoms with van der Waals surface area (Å²) in [5.41, 5.74) is 2.77. The predicted octanol–water partition coefficient (Wildman–Crippen LogP) is 6.60. The Bertz CT molecular complexity index is 1430. The molecule has 3 aromatic rings. The Balaban J connectivity index is 1.38. The van der Waals surface area contributed by atoms with Gasteiger partial charge < -0.3 is 20.1 Å². The number of aromatic nitrogens is 1. The lowest BCUT2D eigenvalue weighted by Gasteiger charge is -2.14. The third-order valence-corrected chi connectivity index (χ3v) is 9.52. The van der Waals surface area contributed by atoms with Gasteiger partial charge in [0.15, 0.2) is 0 Å². The van der Waals surface area contributed by atoms with Crippen molar-refractivity contribution in [3.63, 3.8) is 0 Å². The number of nitrogens with zero attached hydrogens (tertiary/aromatic N) is 1. The Morgan fingerprint density at radius 3 is 1.50 bits per heavy atom. The summed E-state index contributed by atoms with van der Waals surface area (Å²) in [6.07, 6.45) is 6.65. The number of hydrogen-bond acceptors (Lipinski definition) is 9. The van der Waals surface area contributed by atoms with Crippen molar-refractivity contribution < 1.29 is 28.7 Å². The van der Waals surface area contributed by atoms with Gasteiger partial charge >= 0.3 is 11.9 Å². The SMILES string of the molecule is CC(C)OC(=O)c1c(NC(=O)c2cccc(C(=O)Nc3sc4c(c3C(=O)OC(C)C)CCCC4)n2)sc2c1CCCC2. The van der Waals surface area contributed by atoms with Gasteiger partial charge in [-0.25, -0.2) is 14.6 Å². The molecule has 0 bridgehead atoms. The molecule has 0 saturated carbocycles. The minimum atomic E-state index is -0.533. The number of carbonyl (C=O) groups excluding carboxylic acids is 4. The molecule has 222 valence electrons. The Kier molecular flexibility index (Phi) is 9.08. The monoisotopic (exact) mass is 609 g/mol.